The summed E-state index contributed by atoms with van der Waals surface area (Å²) in [7, 11) is 0. The Morgan fingerprint density at radius 2 is 1.21 bits per heavy atom. The Morgan fingerprint density at radius 3 is 1.29 bits per heavy atom. The third-order valence-electron chi connectivity index (χ3n) is 1.06. The van der Waals surface area contributed by atoms with E-state index >= 15 is 0 Å². The Bertz CT molecular complexity index is 124. The largest absolute Gasteiger partial charge is 0.412 e. The fourth-order valence-electron chi connectivity index (χ4n) is 0.621. The van der Waals surface area contributed by atoms with E-state index in [4.69, 9.17) is 0 Å². The Balaban J connectivity index is 0. The molecule has 0 aromatic carbocycles. The topological polar surface area (TPSA) is 12.0 Å². The van der Waals surface area contributed by atoms with Crippen molar-refractivity contribution in [2.45, 2.75) is 39.2 Å². The number of nitrogens with one attached hydrogen (secondary N) is 1. The molecular weight excluding hydrogens is 212 g/mol. The molecule has 0 saturated carbocycles. The maximum Gasteiger partial charge on any atom is 0.412 e. The second-order valence-corrected chi connectivity index (χ2v) is 2.07. The van der Waals surface area contributed by atoms with Gasteiger partial charge in [-0.1, -0.05) is 20.8 Å². The molecular formula is C7H13F6N. The lowest BCUT2D eigenvalue weighted by Crippen LogP contribution is -2.52. The van der Waals surface area contributed by atoms with Crippen LogP contribution in [-0.2, 0) is 0 Å². The van der Waals surface area contributed by atoms with Crippen molar-refractivity contribution in [1.82, 2.24) is 5.32 Å². The zero-order chi connectivity index (χ0) is 12.0. The summed E-state index contributed by atoms with van der Waals surface area (Å²) in [4.78, 5) is 0. The second kappa shape index (κ2) is 6.10. The van der Waals surface area contributed by atoms with Crippen LogP contribution in [0.3, 0.4) is 0 Å². The molecule has 0 bridgehead atoms. The molecule has 14 heavy (non-hydrogen) atoms. The summed E-state index contributed by atoms with van der Waals surface area (Å²) in [6.45, 7) is 4.79. The van der Waals surface area contributed by atoms with E-state index in [0.29, 0.717) is 0 Å². The van der Waals surface area contributed by atoms with Gasteiger partial charge in [0, 0.05) is 0 Å². The van der Waals surface area contributed by atoms with Crippen LogP contribution in [0.1, 0.15) is 20.8 Å². The van der Waals surface area contributed by atoms with E-state index in [0.717, 1.165) is 0 Å². The first-order chi connectivity index (χ1) is 6.19. The van der Waals surface area contributed by atoms with Gasteiger partial charge in [0.05, 0.1) is 0 Å². The third kappa shape index (κ3) is 6.06. The Labute approximate surface area is 78.5 Å². The Morgan fingerprint density at radius 1 is 0.929 bits per heavy atom. The number of hydrogen-bond donors (Lipinski definition) is 1. The molecule has 0 unspecified atom stereocenters. The number of rotatable bonds is 2. The average Bonchev–Trinajstić information content (AvgIpc) is 2.00. The lowest BCUT2D eigenvalue weighted by atomic mass is 10.3. The monoisotopic (exact) mass is 225 g/mol. The third-order valence-corrected chi connectivity index (χ3v) is 1.06. The predicted octanol–water partition coefficient (Wildman–Crippen LogP) is 3.12. The molecule has 0 saturated heterocycles. The summed E-state index contributed by atoms with van der Waals surface area (Å²) in [5.41, 5.74) is 0. The molecule has 0 fully saturated rings. The lowest BCUT2D eigenvalue weighted by Gasteiger charge is -2.23. The molecule has 1 nitrogen and oxygen atoms in total. The smallest absolute Gasteiger partial charge is 0.299 e. The molecule has 0 aliphatic heterocycles. The molecule has 0 atom stereocenters. The quantitative estimate of drug-likeness (QED) is 0.712. The number of alkyl halides is 6. The molecule has 0 heterocycles. The molecule has 0 aromatic rings. The van der Waals surface area contributed by atoms with E-state index in [1.54, 1.807) is 0 Å². The van der Waals surface area contributed by atoms with Crippen LogP contribution < -0.4 is 5.32 Å². The minimum Gasteiger partial charge on any atom is -0.299 e. The zero-order valence-corrected chi connectivity index (χ0v) is 8.05. The van der Waals surface area contributed by atoms with Gasteiger partial charge in [0.15, 0.2) is 0 Å². The maximum atomic E-state index is 11.6. The van der Waals surface area contributed by atoms with Gasteiger partial charge in [0.2, 0.25) is 6.04 Å². The van der Waals surface area contributed by atoms with Crippen molar-refractivity contribution in [3.63, 3.8) is 0 Å². The standard InChI is InChI=1S/C5H7F6N.C2H6/c1-2-12-3(4(6,7)8)5(9,10)11;1-2/h3,12H,2H2,1H3;1-2H3. The molecule has 88 valence electrons. The average molecular weight is 225 g/mol. The normalized spacial score (nSPS) is 12.4. The van der Waals surface area contributed by atoms with Gasteiger partial charge < -0.3 is 0 Å². The van der Waals surface area contributed by atoms with Crippen molar-refractivity contribution in [1.29, 1.82) is 0 Å². The highest BCUT2D eigenvalue weighted by Gasteiger charge is 2.56. The Kier molecular flexibility index (Phi) is 6.97. The van der Waals surface area contributed by atoms with Crippen LogP contribution in [0.4, 0.5) is 26.3 Å². The van der Waals surface area contributed by atoms with Crippen LogP contribution in [0.5, 0.6) is 0 Å². The second-order valence-electron chi connectivity index (χ2n) is 2.07. The summed E-state index contributed by atoms with van der Waals surface area (Å²) < 4.78 is 69.7. The Hall–Kier alpha value is -0.460. The summed E-state index contributed by atoms with van der Waals surface area (Å²) in [5, 5.41) is 1.31. The molecule has 0 aliphatic rings. The molecule has 0 aromatic heterocycles. The lowest BCUT2D eigenvalue weighted by molar-refractivity contribution is -0.258. The molecule has 0 rings (SSSR count). The first-order valence-electron chi connectivity index (χ1n) is 4.06. The van der Waals surface area contributed by atoms with Gasteiger partial charge >= 0.3 is 12.4 Å². The molecule has 7 heteroatoms. The number of halogens is 6. The highest BCUT2D eigenvalue weighted by molar-refractivity contribution is 4.81. The van der Waals surface area contributed by atoms with Gasteiger partial charge in [0.25, 0.3) is 0 Å². The predicted molar refractivity (Wildman–Crippen MR) is 40.9 cm³/mol. The minimum atomic E-state index is -5.28. The molecule has 1 N–H and O–H groups in total. The SMILES string of the molecule is CC.CCNC(C(F)(F)F)C(F)(F)F. The van der Waals surface area contributed by atoms with Crippen LogP contribution >= 0.6 is 0 Å². The molecule has 0 amide bonds. The van der Waals surface area contributed by atoms with E-state index in [9.17, 15) is 26.3 Å². The first kappa shape index (κ1) is 16.0. The van der Waals surface area contributed by atoms with Gasteiger partial charge in [-0.2, -0.15) is 26.3 Å². The maximum absolute atomic E-state index is 11.6. The highest BCUT2D eigenvalue weighted by Crippen LogP contribution is 2.32. The van der Waals surface area contributed by atoms with Crippen molar-refractivity contribution >= 4 is 0 Å². The van der Waals surface area contributed by atoms with Crippen molar-refractivity contribution in [2.24, 2.45) is 0 Å². The summed E-state index contributed by atoms with van der Waals surface area (Å²) in [6.07, 6.45) is -10.6. The van der Waals surface area contributed by atoms with E-state index in [2.05, 4.69) is 0 Å². The van der Waals surface area contributed by atoms with Crippen LogP contribution in [0, 0.1) is 0 Å². The molecule has 0 aliphatic carbocycles. The summed E-state index contributed by atoms with van der Waals surface area (Å²) in [5.74, 6) is 0. The van der Waals surface area contributed by atoms with Crippen molar-refractivity contribution in [3.8, 4) is 0 Å². The van der Waals surface area contributed by atoms with Crippen LogP contribution in [0.15, 0.2) is 0 Å². The summed E-state index contributed by atoms with van der Waals surface area (Å²) in [6, 6.07) is -3.42. The van der Waals surface area contributed by atoms with Crippen LogP contribution in [0.2, 0.25) is 0 Å². The van der Waals surface area contributed by atoms with Crippen LogP contribution in [-0.4, -0.2) is 24.9 Å². The first-order valence-corrected chi connectivity index (χ1v) is 4.06. The fourth-order valence-corrected chi connectivity index (χ4v) is 0.621. The highest BCUT2D eigenvalue weighted by atomic mass is 19.4. The van der Waals surface area contributed by atoms with E-state index in [-0.39, 0.29) is 6.54 Å². The van der Waals surface area contributed by atoms with Crippen molar-refractivity contribution < 1.29 is 26.3 Å². The number of hydrogen-bond acceptors (Lipinski definition) is 1. The van der Waals surface area contributed by atoms with Gasteiger partial charge in [-0.25, -0.2) is 0 Å². The summed E-state index contributed by atoms with van der Waals surface area (Å²) >= 11 is 0. The fraction of sp³-hybridized carbons (Fsp3) is 1.00. The van der Waals surface area contributed by atoms with Gasteiger partial charge in [-0.05, 0) is 6.54 Å². The van der Waals surface area contributed by atoms with Gasteiger partial charge in [-0.3, -0.25) is 5.32 Å². The van der Waals surface area contributed by atoms with Gasteiger partial charge in [-0.15, -0.1) is 0 Å². The molecule has 0 spiro atoms. The van der Waals surface area contributed by atoms with Crippen molar-refractivity contribution in [2.75, 3.05) is 6.54 Å². The minimum absolute atomic E-state index is 0.385. The van der Waals surface area contributed by atoms with E-state index in [1.165, 1.54) is 12.2 Å². The van der Waals surface area contributed by atoms with Crippen LogP contribution in [0.25, 0.3) is 0 Å². The zero-order valence-electron chi connectivity index (χ0n) is 8.05. The van der Waals surface area contributed by atoms with E-state index in [1.807, 2.05) is 13.8 Å². The molecule has 0 radical (unpaired) electrons. The van der Waals surface area contributed by atoms with Gasteiger partial charge in [0.1, 0.15) is 0 Å². The van der Waals surface area contributed by atoms with E-state index < -0.39 is 18.4 Å². The van der Waals surface area contributed by atoms with Crippen molar-refractivity contribution in [3.05, 3.63) is 0 Å².